The minimum Gasteiger partial charge on any atom is -0.465 e. The van der Waals surface area contributed by atoms with Crippen LogP contribution in [0.25, 0.3) is 11.0 Å². The van der Waals surface area contributed by atoms with E-state index in [9.17, 15) is 4.79 Å². The second-order valence-corrected chi connectivity index (χ2v) is 3.39. The summed E-state index contributed by atoms with van der Waals surface area (Å²) < 4.78 is 1.89. The van der Waals surface area contributed by atoms with Crippen molar-refractivity contribution in [3.8, 4) is 0 Å². The molecule has 6 heteroatoms. The summed E-state index contributed by atoms with van der Waals surface area (Å²) in [6, 6.07) is 1.80. The van der Waals surface area contributed by atoms with Crippen molar-refractivity contribution < 1.29 is 9.90 Å². The van der Waals surface area contributed by atoms with Crippen LogP contribution in [0.15, 0.2) is 18.6 Å². The lowest BCUT2D eigenvalue weighted by molar-refractivity contribution is 0.202. The third-order valence-electron chi connectivity index (χ3n) is 2.59. The molecule has 0 aliphatic carbocycles. The van der Waals surface area contributed by atoms with E-state index in [1.54, 1.807) is 12.3 Å². The molecule has 0 bridgehead atoms. The number of amides is 1. The summed E-state index contributed by atoms with van der Waals surface area (Å²) in [4.78, 5) is 20.3. The standard InChI is InChI=1S/C9H8N4O2/c14-9(15)13-2-1-12-7(13)3-6-4-10-5-11-8(6)12/h3-5H,1-2H2,(H,14,15). The second-order valence-electron chi connectivity index (χ2n) is 3.39. The van der Waals surface area contributed by atoms with Crippen LogP contribution in [-0.2, 0) is 6.54 Å². The lowest BCUT2D eigenvalue weighted by Crippen LogP contribution is -2.26. The molecule has 0 fully saturated rings. The fraction of sp³-hybridized carbons (Fsp3) is 0.222. The van der Waals surface area contributed by atoms with Gasteiger partial charge in [-0.2, -0.15) is 0 Å². The van der Waals surface area contributed by atoms with Gasteiger partial charge in [0.25, 0.3) is 0 Å². The Kier molecular flexibility index (Phi) is 1.47. The van der Waals surface area contributed by atoms with E-state index in [-0.39, 0.29) is 0 Å². The second kappa shape index (κ2) is 2.69. The highest BCUT2D eigenvalue weighted by atomic mass is 16.4. The monoisotopic (exact) mass is 204 g/mol. The zero-order chi connectivity index (χ0) is 10.4. The quantitative estimate of drug-likeness (QED) is 0.692. The van der Waals surface area contributed by atoms with Gasteiger partial charge in [-0.15, -0.1) is 0 Å². The lowest BCUT2D eigenvalue weighted by atomic mass is 10.4. The number of nitrogens with zero attached hydrogens (tertiary/aromatic N) is 4. The summed E-state index contributed by atoms with van der Waals surface area (Å²) in [5.74, 6) is 0.679. The summed E-state index contributed by atoms with van der Waals surface area (Å²) in [5, 5.41) is 9.84. The number of hydrogen-bond donors (Lipinski definition) is 1. The maximum Gasteiger partial charge on any atom is 0.413 e. The first-order chi connectivity index (χ1) is 7.27. The summed E-state index contributed by atoms with van der Waals surface area (Å²) in [6.45, 7) is 1.15. The number of hydrogen-bond acceptors (Lipinski definition) is 3. The normalized spacial score (nSPS) is 14.5. The van der Waals surface area contributed by atoms with E-state index in [1.807, 2.05) is 4.57 Å². The molecule has 1 aliphatic heterocycles. The SMILES string of the molecule is O=C(O)N1CCn2c1cc1cncnc12. The Balaban J connectivity index is 2.25. The molecule has 0 spiro atoms. The maximum atomic E-state index is 10.9. The molecule has 3 heterocycles. The summed E-state index contributed by atoms with van der Waals surface area (Å²) in [6.07, 6.45) is 2.23. The molecular formula is C9H8N4O2. The third-order valence-corrected chi connectivity index (χ3v) is 2.59. The van der Waals surface area contributed by atoms with Gasteiger partial charge >= 0.3 is 6.09 Å². The number of anilines is 1. The Hall–Kier alpha value is -2.11. The van der Waals surface area contributed by atoms with Crippen LogP contribution < -0.4 is 4.90 Å². The van der Waals surface area contributed by atoms with Gasteiger partial charge in [0.05, 0.1) is 0 Å². The Morgan fingerprint density at radius 1 is 1.47 bits per heavy atom. The van der Waals surface area contributed by atoms with Crippen molar-refractivity contribution in [2.75, 3.05) is 11.4 Å². The predicted octanol–water partition coefficient (Wildman–Crippen LogP) is 0.929. The van der Waals surface area contributed by atoms with Crippen molar-refractivity contribution in [3.63, 3.8) is 0 Å². The smallest absolute Gasteiger partial charge is 0.413 e. The van der Waals surface area contributed by atoms with Crippen molar-refractivity contribution in [3.05, 3.63) is 18.6 Å². The van der Waals surface area contributed by atoms with E-state index in [4.69, 9.17) is 5.11 Å². The molecule has 0 aromatic carbocycles. The van der Waals surface area contributed by atoms with E-state index in [0.29, 0.717) is 18.9 Å². The molecule has 1 N–H and O–H groups in total. The number of carboxylic acid groups (broad SMARTS) is 1. The maximum absolute atomic E-state index is 10.9. The van der Waals surface area contributed by atoms with Crippen LogP contribution in [0, 0.1) is 0 Å². The first-order valence-electron chi connectivity index (χ1n) is 4.57. The zero-order valence-corrected chi connectivity index (χ0v) is 7.79. The fourth-order valence-electron chi connectivity index (χ4n) is 1.94. The Bertz CT molecular complexity index is 548. The molecular weight excluding hydrogens is 196 g/mol. The van der Waals surface area contributed by atoms with Crippen LogP contribution >= 0.6 is 0 Å². The van der Waals surface area contributed by atoms with Gasteiger partial charge in [0.2, 0.25) is 0 Å². The van der Waals surface area contributed by atoms with Gasteiger partial charge in [-0.25, -0.2) is 14.8 Å². The van der Waals surface area contributed by atoms with E-state index >= 15 is 0 Å². The molecule has 15 heavy (non-hydrogen) atoms. The first kappa shape index (κ1) is 8.22. The van der Waals surface area contributed by atoms with Crippen molar-refractivity contribution in [2.24, 2.45) is 0 Å². The van der Waals surface area contributed by atoms with E-state index < -0.39 is 6.09 Å². The highest BCUT2D eigenvalue weighted by Crippen LogP contribution is 2.28. The fourth-order valence-corrected chi connectivity index (χ4v) is 1.94. The largest absolute Gasteiger partial charge is 0.465 e. The van der Waals surface area contributed by atoms with Crippen molar-refractivity contribution in [2.45, 2.75) is 6.54 Å². The Morgan fingerprint density at radius 3 is 3.13 bits per heavy atom. The van der Waals surface area contributed by atoms with Crippen LogP contribution in [0.1, 0.15) is 0 Å². The van der Waals surface area contributed by atoms with E-state index in [1.165, 1.54) is 11.2 Å². The Morgan fingerprint density at radius 2 is 2.33 bits per heavy atom. The van der Waals surface area contributed by atoms with Crippen LogP contribution in [0.2, 0.25) is 0 Å². The topological polar surface area (TPSA) is 71.2 Å². The average Bonchev–Trinajstić information content (AvgIpc) is 2.74. The van der Waals surface area contributed by atoms with Crippen LogP contribution in [0.4, 0.5) is 10.6 Å². The van der Waals surface area contributed by atoms with E-state index in [2.05, 4.69) is 9.97 Å². The predicted molar refractivity (Wildman–Crippen MR) is 52.9 cm³/mol. The van der Waals surface area contributed by atoms with Crippen molar-refractivity contribution in [1.29, 1.82) is 0 Å². The average molecular weight is 204 g/mol. The van der Waals surface area contributed by atoms with Gasteiger partial charge in [0.15, 0.2) is 0 Å². The molecule has 2 aromatic heterocycles. The van der Waals surface area contributed by atoms with Crippen LogP contribution in [-0.4, -0.2) is 32.3 Å². The van der Waals surface area contributed by atoms with Crippen molar-refractivity contribution >= 4 is 22.9 Å². The number of fused-ring (bicyclic) bond motifs is 3. The van der Waals surface area contributed by atoms with Gasteiger partial charge in [-0.05, 0) is 6.07 Å². The van der Waals surface area contributed by atoms with Gasteiger partial charge in [0, 0.05) is 24.7 Å². The highest BCUT2D eigenvalue weighted by Gasteiger charge is 2.26. The molecule has 6 nitrogen and oxygen atoms in total. The van der Waals surface area contributed by atoms with E-state index in [0.717, 1.165) is 11.0 Å². The summed E-state index contributed by atoms with van der Waals surface area (Å²) in [5.41, 5.74) is 0.795. The number of carbonyl (C=O) groups is 1. The molecule has 0 radical (unpaired) electrons. The molecule has 0 unspecified atom stereocenters. The summed E-state index contributed by atoms with van der Waals surface area (Å²) >= 11 is 0. The van der Waals surface area contributed by atoms with Crippen LogP contribution in [0.5, 0.6) is 0 Å². The zero-order valence-electron chi connectivity index (χ0n) is 7.79. The molecule has 1 amide bonds. The van der Waals surface area contributed by atoms with Crippen molar-refractivity contribution in [1.82, 2.24) is 14.5 Å². The molecule has 2 aromatic rings. The molecule has 0 atom stereocenters. The molecule has 0 saturated carbocycles. The van der Waals surface area contributed by atoms with Gasteiger partial charge < -0.3 is 9.67 Å². The highest BCUT2D eigenvalue weighted by molar-refractivity contribution is 5.91. The third kappa shape index (κ3) is 1.01. The minimum atomic E-state index is -0.926. The van der Waals surface area contributed by atoms with Crippen LogP contribution in [0.3, 0.4) is 0 Å². The minimum absolute atomic E-state index is 0.491. The molecule has 1 aliphatic rings. The summed E-state index contributed by atoms with van der Waals surface area (Å²) in [7, 11) is 0. The van der Waals surface area contributed by atoms with Gasteiger partial charge in [-0.3, -0.25) is 4.90 Å². The lowest BCUT2D eigenvalue weighted by Gasteiger charge is -2.08. The van der Waals surface area contributed by atoms with Gasteiger partial charge in [-0.1, -0.05) is 0 Å². The number of rotatable bonds is 0. The molecule has 3 rings (SSSR count). The number of aromatic nitrogens is 3. The Labute approximate surface area is 84.8 Å². The molecule has 0 saturated heterocycles. The molecule has 76 valence electrons. The van der Waals surface area contributed by atoms with Gasteiger partial charge in [0.1, 0.15) is 17.8 Å². The first-order valence-corrected chi connectivity index (χ1v) is 4.57.